The van der Waals surface area contributed by atoms with Crippen molar-refractivity contribution in [1.82, 2.24) is 14.9 Å². The summed E-state index contributed by atoms with van der Waals surface area (Å²) in [5, 5.41) is 3.11. The van der Waals surface area contributed by atoms with Crippen molar-refractivity contribution in [2.45, 2.75) is 42.7 Å². The van der Waals surface area contributed by atoms with Crippen molar-refractivity contribution in [3.8, 4) is 0 Å². The molecule has 0 spiro atoms. The normalized spacial score (nSPS) is 20.7. The van der Waals surface area contributed by atoms with Crippen LogP contribution in [0.3, 0.4) is 0 Å². The molecule has 2 fully saturated rings. The number of carbonyl (C=O) groups excluding carboxylic acids is 1. The molecule has 3 rings (SSSR count). The van der Waals surface area contributed by atoms with Gasteiger partial charge in [0.2, 0.25) is 10.0 Å². The highest BCUT2D eigenvalue weighted by Crippen LogP contribution is 2.24. The first-order valence-electron chi connectivity index (χ1n) is 8.09. The van der Waals surface area contributed by atoms with Gasteiger partial charge in [-0.25, -0.2) is 13.1 Å². The summed E-state index contributed by atoms with van der Waals surface area (Å²) >= 11 is 0. The number of benzene rings is 1. The van der Waals surface area contributed by atoms with E-state index in [-0.39, 0.29) is 35.3 Å². The molecule has 0 bridgehead atoms. The highest BCUT2D eigenvalue weighted by Gasteiger charge is 2.31. The predicted molar refractivity (Wildman–Crippen MR) is 95.0 cm³/mol. The van der Waals surface area contributed by atoms with E-state index in [0.29, 0.717) is 5.56 Å². The van der Waals surface area contributed by atoms with Crippen LogP contribution >= 0.6 is 12.4 Å². The molecule has 1 unspecified atom stereocenters. The number of carbonyl (C=O) groups is 1. The maximum absolute atomic E-state index is 12.7. The zero-order valence-corrected chi connectivity index (χ0v) is 15.3. The molecule has 6 nitrogen and oxygen atoms in total. The van der Waals surface area contributed by atoms with Crippen molar-refractivity contribution in [2.75, 3.05) is 20.1 Å². The number of hydrogen-bond donors (Lipinski definition) is 2. The van der Waals surface area contributed by atoms with E-state index in [2.05, 4.69) is 10.0 Å². The molecule has 2 aliphatic rings. The molecule has 1 atom stereocenters. The lowest BCUT2D eigenvalue weighted by atomic mass is 10.1. The highest BCUT2D eigenvalue weighted by atomic mass is 35.5. The molecule has 24 heavy (non-hydrogen) atoms. The number of nitrogens with zero attached hydrogens (tertiary/aromatic N) is 1. The van der Waals surface area contributed by atoms with Gasteiger partial charge in [0.15, 0.2) is 0 Å². The molecule has 1 aromatic rings. The number of amides is 1. The van der Waals surface area contributed by atoms with E-state index in [1.807, 2.05) is 11.9 Å². The fourth-order valence-corrected chi connectivity index (χ4v) is 4.35. The Labute approximate surface area is 149 Å². The molecule has 1 aliphatic heterocycles. The number of likely N-dealkylation sites (tertiary alicyclic amines) is 1. The summed E-state index contributed by atoms with van der Waals surface area (Å²) in [6.45, 7) is 1.48. The second-order valence-corrected chi connectivity index (χ2v) is 7.99. The van der Waals surface area contributed by atoms with Crippen LogP contribution in [0.15, 0.2) is 29.2 Å². The van der Waals surface area contributed by atoms with Crippen molar-refractivity contribution < 1.29 is 13.2 Å². The van der Waals surface area contributed by atoms with Crippen LogP contribution in [0, 0.1) is 0 Å². The van der Waals surface area contributed by atoms with Crippen LogP contribution in [0.4, 0.5) is 0 Å². The Hall–Kier alpha value is -1.15. The molecular formula is C16H24ClN3O3S. The van der Waals surface area contributed by atoms with Crippen molar-refractivity contribution >= 4 is 28.3 Å². The van der Waals surface area contributed by atoms with Gasteiger partial charge >= 0.3 is 0 Å². The van der Waals surface area contributed by atoms with Gasteiger partial charge in [0.05, 0.1) is 4.90 Å². The third-order valence-corrected chi connectivity index (χ3v) is 5.89. The minimum Gasteiger partial charge on any atom is -0.334 e. The molecule has 1 saturated carbocycles. The Morgan fingerprint density at radius 1 is 1.29 bits per heavy atom. The van der Waals surface area contributed by atoms with E-state index in [1.165, 1.54) is 12.1 Å². The Kier molecular flexibility index (Phi) is 6.25. The van der Waals surface area contributed by atoms with Crippen molar-refractivity contribution in [3.05, 3.63) is 29.8 Å². The molecule has 8 heteroatoms. The standard InChI is InChI=1S/C16H23N3O3S.ClH/c1-17-11-14-5-3-9-19(14)16(20)12-4-2-6-15(10-12)23(21,22)18-13-7-8-13;/h2,4,6,10,13-14,17-18H,3,5,7-9,11H2,1H3;1H. The van der Waals surface area contributed by atoms with E-state index in [9.17, 15) is 13.2 Å². The molecule has 1 amide bonds. The quantitative estimate of drug-likeness (QED) is 0.789. The third kappa shape index (κ3) is 4.27. The minimum atomic E-state index is -3.53. The molecule has 0 radical (unpaired) electrons. The number of hydrogen-bond acceptors (Lipinski definition) is 4. The van der Waals surface area contributed by atoms with Crippen LogP contribution in [0.1, 0.15) is 36.0 Å². The van der Waals surface area contributed by atoms with Gasteiger partial charge in [0, 0.05) is 30.7 Å². The monoisotopic (exact) mass is 373 g/mol. The van der Waals surface area contributed by atoms with Crippen molar-refractivity contribution in [1.29, 1.82) is 0 Å². The van der Waals surface area contributed by atoms with E-state index >= 15 is 0 Å². The SMILES string of the molecule is CNCC1CCCN1C(=O)c1cccc(S(=O)(=O)NC2CC2)c1.Cl. The second kappa shape index (κ2) is 7.82. The van der Waals surface area contributed by atoms with Gasteiger partial charge in [-0.15, -0.1) is 12.4 Å². The number of rotatable bonds is 6. The Morgan fingerprint density at radius 2 is 2.04 bits per heavy atom. The first kappa shape index (κ1) is 19.2. The first-order valence-corrected chi connectivity index (χ1v) is 9.57. The Bertz CT molecular complexity index is 692. The van der Waals surface area contributed by atoms with Crippen LogP contribution < -0.4 is 10.0 Å². The summed E-state index contributed by atoms with van der Waals surface area (Å²) in [6, 6.07) is 6.58. The van der Waals surface area contributed by atoms with Gasteiger partial charge in [0.25, 0.3) is 5.91 Å². The van der Waals surface area contributed by atoms with Crippen molar-refractivity contribution in [2.24, 2.45) is 0 Å². The van der Waals surface area contributed by atoms with Crippen LogP contribution in [-0.2, 0) is 10.0 Å². The van der Waals surface area contributed by atoms with E-state index < -0.39 is 10.0 Å². The van der Waals surface area contributed by atoms with Gasteiger partial charge < -0.3 is 10.2 Å². The Balaban J connectivity index is 0.00000208. The lowest BCUT2D eigenvalue weighted by Crippen LogP contribution is -2.40. The van der Waals surface area contributed by atoms with Crippen LogP contribution in [0.25, 0.3) is 0 Å². The lowest BCUT2D eigenvalue weighted by molar-refractivity contribution is 0.0737. The summed E-state index contributed by atoms with van der Waals surface area (Å²) < 4.78 is 27.2. The van der Waals surface area contributed by atoms with Crippen molar-refractivity contribution in [3.63, 3.8) is 0 Å². The lowest BCUT2D eigenvalue weighted by Gasteiger charge is -2.24. The minimum absolute atomic E-state index is 0. The molecule has 1 aromatic carbocycles. The molecule has 0 aromatic heterocycles. The molecule has 2 N–H and O–H groups in total. The molecule has 1 heterocycles. The summed E-state index contributed by atoms with van der Waals surface area (Å²) in [6.07, 6.45) is 3.74. The molecule has 1 saturated heterocycles. The van der Waals surface area contributed by atoms with Gasteiger partial charge in [-0.2, -0.15) is 0 Å². The Morgan fingerprint density at radius 3 is 2.71 bits per heavy atom. The maximum atomic E-state index is 12.7. The van der Waals surface area contributed by atoms with E-state index in [1.54, 1.807) is 12.1 Å². The smallest absolute Gasteiger partial charge is 0.254 e. The average Bonchev–Trinajstić information content (AvgIpc) is 3.21. The fourth-order valence-electron chi connectivity index (χ4n) is 3.00. The predicted octanol–water partition coefficient (Wildman–Crippen LogP) is 1.37. The van der Waals surface area contributed by atoms with Gasteiger partial charge in [-0.3, -0.25) is 4.79 Å². The largest absolute Gasteiger partial charge is 0.334 e. The third-order valence-electron chi connectivity index (χ3n) is 4.37. The molecule has 134 valence electrons. The fraction of sp³-hybridized carbons (Fsp3) is 0.562. The summed E-state index contributed by atoms with van der Waals surface area (Å²) in [5.74, 6) is -0.0915. The van der Waals surface area contributed by atoms with Crippen LogP contribution in [0.5, 0.6) is 0 Å². The zero-order chi connectivity index (χ0) is 16.4. The zero-order valence-electron chi connectivity index (χ0n) is 13.7. The van der Waals surface area contributed by atoms with Crippen LogP contribution in [-0.4, -0.2) is 51.4 Å². The number of sulfonamides is 1. The van der Waals surface area contributed by atoms with Gasteiger partial charge in [0.1, 0.15) is 0 Å². The number of likely N-dealkylation sites (N-methyl/N-ethyl adjacent to an activating group) is 1. The van der Waals surface area contributed by atoms with Crippen LogP contribution in [0.2, 0.25) is 0 Å². The van der Waals surface area contributed by atoms with E-state index in [0.717, 1.165) is 38.8 Å². The van der Waals surface area contributed by atoms with Gasteiger partial charge in [-0.05, 0) is 50.9 Å². The second-order valence-electron chi connectivity index (χ2n) is 6.28. The maximum Gasteiger partial charge on any atom is 0.254 e. The first-order chi connectivity index (χ1) is 11.0. The summed E-state index contributed by atoms with van der Waals surface area (Å²) in [7, 11) is -1.66. The average molecular weight is 374 g/mol. The molecule has 1 aliphatic carbocycles. The summed E-state index contributed by atoms with van der Waals surface area (Å²) in [4.78, 5) is 14.7. The van der Waals surface area contributed by atoms with Gasteiger partial charge in [-0.1, -0.05) is 6.07 Å². The topological polar surface area (TPSA) is 78.5 Å². The number of nitrogens with one attached hydrogen (secondary N) is 2. The molecular weight excluding hydrogens is 350 g/mol. The number of halogens is 1. The summed E-state index contributed by atoms with van der Waals surface area (Å²) in [5.41, 5.74) is 0.437. The van der Waals surface area contributed by atoms with E-state index in [4.69, 9.17) is 0 Å². The highest BCUT2D eigenvalue weighted by molar-refractivity contribution is 7.89.